The molecular weight excluding hydrogens is 238 g/mol. The lowest BCUT2D eigenvalue weighted by molar-refractivity contribution is -0.126. The summed E-state index contributed by atoms with van der Waals surface area (Å²) in [6.45, 7) is 2.08. The molecule has 2 aliphatic carbocycles. The van der Waals surface area contributed by atoms with E-state index in [0.717, 1.165) is 24.3 Å². The van der Waals surface area contributed by atoms with Crippen LogP contribution in [0.25, 0.3) is 0 Å². The van der Waals surface area contributed by atoms with Gasteiger partial charge in [0.2, 0.25) is 5.91 Å². The van der Waals surface area contributed by atoms with E-state index in [4.69, 9.17) is 4.74 Å². The van der Waals surface area contributed by atoms with Gasteiger partial charge in [-0.05, 0) is 48.9 Å². The molecule has 19 heavy (non-hydrogen) atoms. The number of ether oxygens (including phenoxy) is 1. The average Bonchev–Trinajstić information content (AvgIpc) is 3.00. The van der Waals surface area contributed by atoms with Crippen LogP contribution < -0.4 is 10.1 Å². The molecule has 3 nitrogen and oxygen atoms in total. The Bertz CT molecular complexity index is 520. The first-order chi connectivity index (χ1) is 9.11. The van der Waals surface area contributed by atoms with Gasteiger partial charge in [0.15, 0.2) is 0 Å². The molecule has 3 rings (SSSR count). The molecule has 0 radical (unpaired) electrons. The molecule has 0 unspecified atom stereocenters. The van der Waals surface area contributed by atoms with Crippen molar-refractivity contribution in [1.82, 2.24) is 0 Å². The second-order valence-electron chi connectivity index (χ2n) is 5.79. The summed E-state index contributed by atoms with van der Waals surface area (Å²) < 4.78 is 5.11. The average molecular weight is 257 g/mol. The van der Waals surface area contributed by atoms with E-state index in [9.17, 15) is 4.79 Å². The number of benzene rings is 1. The zero-order valence-corrected chi connectivity index (χ0v) is 11.3. The number of methoxy groups -OCH3 is 1. The molecule has 0 saturated heterocycles. The van der Waals surface area contributed by atoms with Crippen LogP contribution in [0.4, 0.5) is 5.69 Å². The molecule has 1 saturated carbocycles. The number of hydrogen-bond acceptors (Lipinski definition) is 2. The lowest BCUT2D eigenvalue weighted by Crippen LogP contribution is -2.36. The quantitative estimate of drug-likeness (QED) is 0.844. The van der Waals surface area contributed by atoms with Crippen LogP contribution in [0.15, 0.2) is 36.4 Å². The fourth-order valence-electron chi connectivity index (χ4n) is 3.30. The third kappa shape index (κ3) is 2.03. The van der Waals surface area contributed by atoms with E-state index in [0.29, 0.717) is 11.8 Å². The highest BCUT2D eigenvalue weighted by atomic mass is 16.5. The van der Waals surface area contributed by atoms with Gasteiger partial charge in [-0.2, -0.15) is 0 Å². The van der Waals surface area contributed by atoms with Gasteiger partial charge in [0, 0.05) is 5.69 Å². The summed E-state index contributed by atoms with van der Waals surface area (Å²) >= 11 is 0. The van der Waals surface area contributed by atoms with Crippen LogP contribution in [0.3, 0.4) is 0 Å². The molecule has 3 atom stereocenters. The predicted molar refractivity (Wildman–Crippen MR) is 75.1 cm³/mol. The standard InChI is InChI=1S/C16H19NO2/c1-16(10-11-3-4-12(16)9-11)15(18)17-13-5-7-14(19-2)8-6-13/h3-8,11-12H,9-10H2,1-2H3,(H,17,18)/t11-,12+,16+/m1/s1. The Morgan fingerprint density at radius 2 is 2.05 bits per heavy atom. The zero-order valence-electron chi connectivity index (χ0n) is 11.3. The SMILES string of the molecule is COc1ccc(NC(=O)[C@@]2(C)C[C@@H]3C=C[C@H]2C3)cc1. The lowest BCUT2D eigenvalue weighted by atomic mass is 9.77. The number of rotatable bonds is 3. The van der Waals surface area contributed by atoms with Crippen molar-refractivity contribution in [2.24, 2.45) is 17.3 Å². The van der Waals surface area contributed by atoms with Crippen molar-refractivity contribution in [2.75, 3.05) is 12.4 Å². The van der Waals surface area contributed by atoms with Crippen molar-refractivity contribution in [1.29, 1.82) is 0 Å². The van der Waals surface area contributed by atoms with Crippen LogP contribution in [0, 0.1) is 17.3 Å². The Hall–Kier alpha value is -1.77. The minimum absolute atomic E-state index is 0.134. The van der Waals surface area contributed by atoms with Crippen molar-refractivity contribution in [3.8, 4) is 5.75 Å². The number of carbonyl (C=O) groups is 1. The van der Waals surface area contributed by atoms with Gasteiger partial charge in [0.05, 0.1) is 12.5 Å². The third-order valence-corrected chi connectivity index (χ3v) is 4.54. The van der Waals surface area contributed by atoms with Gasteiger partial charge in [-0.1, -0.05) is 19.1 Å². The summed E-state index contributed by atoms with van der Waals surface area (Å²) in [5, 5.41) is 3.03. The van der Waals surface area contributed by atoms with Crippen molar-refractivity contribution in [2.45, 2.75) is 19.8 Å². The van der Waals surface area contributed by atoms with Gasteiger partial charge in [-0.25, -0.2) is 0 Å². The number of allylic oxidation sites excluding steroid dienone is 2. The number of hydrogen-bond donors (Lipinski definition) is 1. The number of amides is 1. The Balaban J connectivity index is 1.72. The number of anilines is 1. The summed E-state index contributed by atoms with van der Waals surface area (Å²) in [6, 6.07) is 7.48. The highest BCUT2D eigenvalue weighted by Gasteiger charge is 2.49. The van der Waals surface area contributed by atoms with Crippen LogP contribution in [0.1, 0.15) is 19.8 Å². The van der Waals surface area contributed by atoms with E-state index < -0.39 is 0 Å². The van der Waals surface area contributed by atoms with E-state index in [2.05, 4.69) is 24.4 Å². The minimum atomic E-state index is -0.251. The Kier molecular flexibility index (Phi) is 2.85. The van der Waals surface area contributed by atoms with Gasteiger partial charge >= 0.3 is 0 Å². The monoisotopic (exact) mass is 257 g/mol. The summed E-state index contributed by atoms with van der Waals surface area (Å²) in [5.41, 5.74) is 0.582. The fraction of sp³-hybridized carbons (Fsp3) is 0.438. The largest absolute Gasteiger partial charge is 0.497 e. The molecule has 0 spiro atoms. The topological polar surface area (TPSA) is 38.3 Å². The van der Waals surface area contributed by atoms with Crippen LogP contribution in [0.2, 0.25) is 0 Å². The van der Waals surface area contributed by atoms with E-state index in [1.807, 2.05) is 24.3 Å². The maximum absolute atomic E-state index is 12.5. The summed E-state index contributed by atoms with van der Waals surface area (Å²) in [5.74, 6) is 1.92. The number of carbonyl (C=O) groups excluding carboxylic acids is 1. The normalized spacial score (nSPS) is 31.5. The molecule has 3 heteroatoms. The zero-order chi connectivity index (χ0) is 13.5. The van der Waals surface area contributed by atoms with Crippen LogP contribution in [-0.2, 0) is 4.79 Å². The van der Waals surface area contributed by atoms with Gasteiger partial charge in [-0.15, -0.1) is 0 Å². The molecule has 1 N–H and O–H groups in total. The number of fused-ring (bicyclic) bond motifs is 2. The highest BCUT2D eigenvalue weighted by molar-refractivity contribution is 5.96. The Labute approximate surface area is 113 Å². The summed E-state index contributed by atoms with van der Waals surface area (Å²) in [6.07, 6.45) is 6.57. The molecule has 0 heterocycles. The van der Waals surface area contributed by atoms with Crippen molar-refractivity contribution in [3.63, 3.8) is 0 Å². The fourth-order valence-corrected chi connectivity index (χ4v) is 3.30. The van der Waals surface area contributed by atoms with Crippen molar-refractivity contribution in [3.05, 3.63) is 36.4 Å². The first-order valence-corrected chi connectivity index (χ1v) is 6.75. The molecule has 0 aromatic heterocycles. The smallest absolute Gasteiger partial charge is 0.230 e. The summed E-state index contributed by atoms with van der Waals surface area (Å²) in [4.78, 5) is 12.5. The Morgan fingerprint density at radius 1 is 1.32 bits per heavy atom. The molecular formula is C16H19NO2. The van der Waals surface area contributed by atoms with E-state index in [1.165, 1.54) is 0 Å². The van der Waals surface area contributed by atoms with Gasteiger partial charge in [0.25, 0.3) is 0 Å². The van der Waals surface area contributed by atoms with Crippen LogP contribution in [0.5, 0.6) is 5.75 Å². The second kappa shape index (κ2) is 4.41. The minimum Gasteiger partial charge on any atom is -0.497 e. The van der Waals surface area contributed by atoms with E-state index >= 15 is 0 Å². The number of nitrogens with one attached hydrogen (secondary N) is 1. The van der Waals surface area contributed by atoms with Crippen molar-refractivity contribution < 1.29 is 9.53 Å². The molecule has 1 amide bonds. The third-order valence-electron chi connectivity index (χ3n) is 4.54. The van der Waals surface area contributed by atoms with E-state index in [1.54, 1.807) is 7.11 Å². The predicted octanol–water partition coefficient (Wildman–Crippen LogP) is 3.24. The van der Waals surface area contributed by atoms with Gasteiger partial charge in [0.1, 0.15) is 5.75 Å². The van der Waals surface area contributed by atoms with Gasteiger partial charge in [-0.3, -0.25) is 4.79 Å². The molecule has 2 bridgehead atoms. The maximum atomic E-state index is 12.5. The van der Waals surface area contributed by atoms with Crippen molar-refractivity contribution >= 4 is 11.6 Å². The first-order valence-electron chi connectivity index (χ1n) is 6.75. The van der Waals surface area contributed by atoms with Gasteiger partial charge < -0.3 is 10.1 Å². The van der Waals surface area contributed by atoms with E-state index in [-0.39, 0.29) is 11.3 Å². The maximum Gasteiger partial charge on any atom is 0.230 e. The summed E-state index contributed by atoms with van der Waals surface area (Å²) in [7, 11) is 1.64. The molecule has 2 aliphatic rings. The van der Waals surface area contributed by atoms with Crippen LogP contribution in [-0.4, -0.2) is 13.0 Å². The molecule has 0 aliphatic heterocycles. The van der Waals surface area contributed by atoms with Crippen LogP contribution >= 0.6 is 0 Å². The molecule has 1 fully saturated rings. The Morgan fingerprint density at radius 3 is 2.58 bits per heavy atom. The molecule has 1 aromatic carbocycles. The highest BCUT2D eigenvalue weighted by Crippen LogP contribution is 2.52. The second-order valence-corrected chi connectivity index (χ2v) is 5.79. The molecule has 100 valence electrons. The lowest BCUT2D eigenvalue weighted by Gasteiger charge is -2.29. The first kappa shape index (κ1) is 12.3. The molecule has 1 aromatic rings.